The Morgan fingerprint density at radius 2 is 1.12 bits per heavy atom. The number of aliphatic imine (C=N–C) groups is 1. The average Bonchev–Trinajstić information content (AvgIpc) is 2.62. The van der Waals surface area contributed by atoms with Crippen LogP contribution in [0.25, 0.3) is 11.4 Å². The normalized spacial score (nSPS) is 11.2. The van der Waals surface area contributed by atoms with Crippen LogP contribution in [0.5, 0.6) is 0 Å². The minimum Gasteiger partial charge on any atom is -0.291 e. The SMILES string of the molecule is CN=C(C)c1nc(-c2nc(C)c(C)c(C)c2C)c(C)c(C)c1C.II. The van der Waals surface area contributed by atoms with Gasteiger partial charge in [-0.3, -0.25) is 9.98 Å². The molecule has 0 spiro atoms. The standard InChI is InChI=1S/C20H27N3.I2/c1-10-12(3)16(7)22-19(14(10)5)20-15(6)11(2)13(4)18(23-20)17(8)21-9;1-2/h1-9H3;. The highest BCUT2D eigenvalue weighted by molar-refractivity contribution is 15.0. The van der Waals surface area contributed by atoms with Gasteiger partial charge in [-0.05, 0) is 88.8 Å². The summed E-state index contributed by atoms with van der Waals surface area (Å²) in [6, 6.07) is 0. The van der Waals surface area contributed by atoms with E-state index in [9.17, 15) is 0 Å². The van der Waals surface area contributed by atoms with Crippen LogP contribution in [0.15, 0.2) is 4.99 Å². The van der Waals surface area contributed by atoms with Gasteiger partial charge in [-0.1, -0.05) is 0 Å². The van der Waals surface area contributed by atoms with Gasteiger partial charge in [0.1, 0.15) is 0 Å². The monoisotopic (exact) mass is 563 g/mol. The van der Waals surface area contributed by atoms with Crippen LogP contribution in [0.4, 0.5) is 0 Å². The van der Waals surface area contributed by atoms with Crippen LogP contribution in [0.1, 0.15) is 51.7 Å². The molecule has 0 atom stereocenters. The van der Waals surface area contributed by atoms with Gasteiger partial charge in [-0.15, -0.1) is 0 Å². The third-order valence-electron chi connectivity index (χ3n) is 5.26. The summed E-state index contributed by atoms with van der Waals surface area (Å²) in [6.45, 7) is 16.9. The lowest BCUT2D eigenvalue weighted by atomic mass is 9.94. The molecule has 0 N–H and O–H groups in total. The van der Waals surface area contributed by atoms with Gasteiger partial charge in [0.2, 0.25) is 0 Å². The molecule has 0 amide bonds. The average molecular weight is 563 g/mol. The van der Waals surface area contributed by atoms with Crippen LogP contribution >= 0.6 is 37.2 Å². The van der Waals surface area contributed by atoms with Gasteiger partial charge in [0.05, 0.1) is 22.8 Å². The summed E-state index contributed by atoms with van der Waals surface area (Å²) in [6.07, 6.45) is 0. The number of aromatic nitrogens is 2. The van der Waals surface area contributed by atoms with E-state index >= 15 is 0 Å². The zero-order valence-electron chi connectivity index (χ0n) is 16.6. The molecule has 0 saturated heterocycles. The quantitative estimate of drug-likeness (QED) is 0.309. The van der Waals surface area contributed by atoms with E-state index in [0.717, 1.165) is 28.5 Å². The molecule has 2 rings (SSSR count). The zero-order chi connectivity index (χ0) is 19.5. The van der Waals surface area contributed by atoms with E-state index in [1.54, 1.807) is 0 Å². The molecule has 0 fully saturated rings. The molecule has 2 aromatic heterocycles. The van der Waals surface area contributed by atoms with Crippen molar-refractivity contribution in [2.75, 3.05) is 7.05 Å². The minimum atomic E-state index is 0.963. The molecule has 136 valence electrons. The largest absolute Gasteiger partial charge is 0.291 e. The lowest BCUT2D eigenvalue weighted by molar-refractivity contribution is 1.06. The molecule has 0 unspecified atom stereocenters. The van der Waals surface area contributed by atoms with Crippen molar-refractivity contribution >= 4 is 42.9 Å². The van der Waals surface area contributed by atoms with Crippen LogP contribution < -0.4 is 0 Å². The predicted octanol–water partition coefficient (Wildman–Crippen LogP) is 6.51. The summed E-state index contributed by atoms with van der Waals surface area (Å²) in [4.78, 5) is 14.1. The summed E-state index contributed by atoms with van der Waals surface area (Å²) >= 11 is 4.24. The van der Waals surface area contributed by atoms with Gasteiger partial charge in [-0.25, -0.2) is 4.98 Å². The summed E-state index contributed by atoms with van der Waals surface area (Å²) in [5.74, 6) is 0. The van der Waals surface area contributed by atoms with Gasteiger partial charge < -0.3 is 0 Å². The fraction of sp³-hybridized carbons (Fsp3) is 0.450. The van der Waals surface area contributed by atoms with Crippen molar-refractivity contribution in [2.24, 2.45) is 4.99 Å². The number of hydrogen-bond acceptors (Lipinski definition) is 3. The van der Waals surface area contributed by atoms with Crippen LogP contribution in [0.3, 0.4) is 0 Å². The number of rotatable bonds is 2. The van der Waals surface area contributed by atoms with Gasteiger partial charge >= 0.3 is 0 Å². The molecule has 5 heteroatoms. The summed E-state index contributed by atoms with van der Waals surface area (Å²) in [7, 11) is 1.81. The van der Waals surface area contributed by atoms with E-state index in [2.05, 4.69) is 90.7 Å². The Morgan fingerprint density at radius 1 is 0.680 bits per heavy atom. The molecule has 2 aromatic rings. The molecular weight excluding hydrogens is 536 g/mol. The van der Waals surface area contributed by atoms with Crippen molar-refractivity contribution in [2.45, 2.75) is 55.4 Å². The van der Waals surface area contributed by atoms with Crippen LogP contribution in [0, 0.1) is 48.5 Å². The second-order valence-electron chi connectivity index (χ2n) is 6.41. The molecule has 0 aliphatic heterocycles. The first-order valence-corrected chi connectivity index (χ1v) is 14.5. The summed E-state index contributed by atoms with van der Waals surface area (Å²) in [5.41, 5.74) is 12.4. The molecule has 2 heterocycles. The van der Waals surface area contributed by atoms with Crippen LogP contribution in [-0.2, 0) is 0 Å². The Labute approximate surface area is 175 Å². The zero-order valence-corrected chi connectivity index (χ0v) is 20.9. The van der Waals surface area contributed by atoms with Crippen LogP contribution in [0.2, 0.25) is 0 Å². The first kappa shape index (κ1) is 22.5. The number of aryl methyl sites for hydroxylation is 1. The van der Waals surface area contributed by atoms with Crippen molar-refractivity contribution in [3.05, 3.63) is 44.8 Å². The second-order valence-corrected chi connectivity index (χ2v) is 6.41. The predicted molar refractivity (Wildman–Crippen MR) is 127 cm³/mol. The minimum absolute atomic E-state index is 0.963. The van der Waals surface area contributed by atoms with E-state index in [-0.39, 0.29) is 0 Å². The lowest BCUT2D eigenvalue weighted by Gasteiger charge is -2.18. The third kappa shape index (κ3) is 4.40. The first-order chi connectivity index (χ1) is 11.7. The van der Waals surface area contributed by atoms with Gasteiger partial charge in [-0.2, -0.15) is 0 Å². The Balaban J connectivity index is 0.00000151. The summed E-state index contributed by atoms with van der Waals surface area (Å²) < 4.78 is 0. The second kappa shape index (κ2) is 9.39. The van der Waals surface area contributed by atoms with Gasteiger partial charge in [0, 0.05) is 50.0 Å². The van der Waals surface area contributed by atoms with E-state index in [1.165, 1.54) is 33.4 Å². The molecule has 0 radical (unpaired) electrons. The highest BCUT2D eigenvalue weighted by atomic mass is 128. The summed E-state index contributed by atoms with van der Waals surface area (Å²) in [5, 5.41) is 0. The van der Waals surface area contributed by atoms with Crippen molar-refractivity contribution in [1.29, 1.82) is 0 Å². The van der Waals surface area contributed by atoms with Crippen molar-refractivity contribution < 1.29 is 0 Å². The maximum Gasteiger partial charge on any atom is 0.0929 e. The molecule has 0 bridgehead atoms. The molecule has 0 aliphatic rings. The van der Waals surface area contributed by atoms with E-state index < -0.39 is 0 Å². The van der Waals surface area contributed by atoms with E-state index in [0.29, 0.717) is 0 Å². The highest BCUT2D eigenvalue weighted by Crippen LogP contribution is 2.31. The van der Waals surface area contributed by atoms with Gasteiger partial charge in [0.25, 0.3) is 0 Å². The van der Waals surface area contributed by atoms with E-state index in [4.69, 9.17) is 9.97 Å². The van der Waals surface area contributed by atoms with E-state index in [1.807, 2.05) is 14.0 Å². The fourth-order valence-corrected chi connectivity index (χ4v) is 2.90. The Hall–Kier alpha value is -0.570. The van der Waals surface area contributed by atoms with Crippen molar-refractivity contribution in [3.63, 3.8) is 0 Å². The number of hydrogen-bond donors (Lipinski definition) is 0. The first-order valence-electron chi connectivity index (χ1n) is 8.21. The molecule has 0 saturated carbocycles. The lowest BCUT2D eigenvalue weighted by Crippen LogP contribution is -2.09. The smallest absolute Gasteiger partial charge is 0.0929 e. The Bertz CT molecular complexity index is 825. The maximum atomic E-state index is 4.95. The molecule has 3 nitrogen and oxygen atoms in total. The van der Waals surface area contributed by atoms with Crippen LogP contribution in [-0.4, -0.2) is 22.7 Å². The topological polar surface area (TPSA) is 38.1 Å². The highest BCUT2D eigenvalue weighted by Gasteiger charge is 2.18. The Kier molecular flexibility index (Phi) is 8.44. The molecule has 25 heavy (non-hydrogen) atoms. The molecule has 0 aromatic carbocycles. The number of nitrogens with zero attached hydrogens (tertiary/aromatic N) is 3. The van der Waals surface area contributed by atoms with Gasteiger partial charge in [0.15, 0.2) is 0 Å². The molecular formula is C20H27I2N3. The number of halogens is 2. The third-order valence-corrected chi connectivity index (χ3v) is 5.26. The van der Waals surface area contributed by atoms with Crippen molar-refractivity contribution in [1.82, 2.24) is 9.97 Å². The fourth-order valence-electron chi connectivity index (χ4n) is 2.90. The Morgan fingerprint density at radius 3 is 1.60 bits per heavy atom. The molecule has 0 aliphatic carbocycles. The number of pyridine rings is 2. The maximum absolute atomic E-state index is 4.95. The van der Waals surface area contributed by atoms with Crippen molar-refractivity contribution in [3.8, 4) is 11.4 Å².